The maximum Gasteiger partial charge on any atom is 0.252 e. The van der Waals surface area contributed by atoms with Crippen LogP contribution in [0.3, 0.4) is 0 Å². The standard InChI is InChI=1S/C14H24N2O2S2/c1-9-5-10(2)12(4)16(8-9)20(17,18)14-6-11(3)13(7-15)19-14/h6,9-10,12H,5,7-8,15H2,1-4H3. The van der Waals surface area contributed by atoms with Gasteiger partial charge in [-0.2, -0.15) is 4.31 Å². The number of piperidine rings is 1. The van der Waals surface area contributed by atoms with Crippen molar-refractivity contribution in [3.63, 3.8) is 0 Å². The van der Waals surface area contributed by atoms with Crippen molar-refractivity contribution in [1.29, 1.82) is 0 Å². The van der Waals surface area contributed by atoms with E-state index in [9.17, 15) is 8.42 Å². The maximum absolute atomic E-state index is 12.9. The smallest absolute Gasteiger partial charge is 0.252 e. The minimum atomic E-state index is -3.39. The highest BCUT2D eigenvalue weighted by atomic mass is 32.2. The van der Waals surface area contributed by atoms with Crippen molar-refractivity contribution in [2.24, 2.45) is 17.6 Å². The highest BCUT2D eigenvalue weighted by molar-refractivity contribution is 7.91. The molecule has 4 nitrogen and oxygen atoms in total. The van der Waals surface area contributed by atoms with Crippen molar-refractivity contribution >= 4 is 21.4 Å². The number of aryl methyl sites for hydroxylation is 1. The van der Waals surface area contributed by atoms with Crippen LogP contribution in [0.1, 0.15) is 37.6 Å². The minimum absolute atomic E-state index is 0.0555. The number of hydrogen-bond acceptors (Lipinski definition) is 4. The van der Waals surface area contributed by atoms with Crippen LogP contribution in [0.5, 0.6) is 0 Å². The SMILES string of the molecule is Cc1cc(S(=O)(=O)N2CC(C)CC(C)C2C)sc1CN. The second-order valence-electron chi connectivity index (χ2n) is 6.01. The van der Waals surface area contributed by atoms with Crippen LogP contribution in [-0.2, 0) is 16.6 Å². The molecule has 1 fully saturated rings. The predicted molar refractivity (Wildman–Crippen MR) is 83.2 cm³/mol. The van der Waals surface area contributed by atoms with E-state index in [2.05, 4.69) is 13.8 Å². The molecule has 3 atom stereocenters. The van der Waals surface area contributed by atoms with Crippen LogP contribution in [0.4, 0.5) is 0 Å². The monoisotopic (exact) mass is 316 g/mol. The molecule has 1 aliphatic rings. The van der Waals surface area contributed by atoms with Gasteiger partial charge in [0, 0.05) is 24.0 Å². The fourth-order valence-electron chi connectivity index (χ4n) is 2.91. The minimum Gasteiger partial charge on any atom is -0.326 e. The van der Waals surface area contributed by atoms with Crippen LogP contribution in [0, 0.1) is 18.8 Å². The van der Waals surface area contributed by atoms with E-state index in [1.165, 1.54) is 11.3 Å². The first-order valence-electron chi connectivity index (χ1n) is 7.08. The molecular formula is C14H24N2O2S2. The zero-order valence-corrected chi connectivity index (χ0v) is 14.2. The largest absolute Gasteiger partial charge is 0.326 e. The van der Waals surface area contributed by atoms with E-state index in [-0.39, 0.29) is 6.04 Å². The third-order valence-electron chi connectivity index (χ3n) is 4.29. The molecule has 114 valence electrons. The van der Waals surface area contributed by atoms with E-state index >= 15 is 0 Å². The van der Waals surface area contributed by atoms with Gasteiger partial charge in [0.15, 0.2) is 0 Å². The van der Waals surface area contributed by atoms with E-state index in [0.717, 1.165) is 16.9 Å². The number of nitrogens with zero attached hydrogens (tertiary/aromatic N) is 1. The molecule has 2 heterocycles. The molecule has 2 rings (SSSR count). The van der Waals surface area contributed by atoms with Gasteiger partial charge in [-0.1, -0.05) is 13.8 Å². The van der Waals surface area contributed by atoms with Crippen LogP contribution >= 0.6 is 11.3 Å². The van der Waals surface area contributed by atoms with E-state index in [4.69, 9.17) is 5.73 Å². The Kier molecular flexibility index (Phi) is 4.59. The topological polar surface area (TPSA) is 63.4 Å². The van der Waals surface area contributed by atoms with Gasteiger partial charge in [0.1, 0.15) is 4.21 Å². The summed E-state index contributed by atoms with van der Waals surface area (Å²) in [5.41, 5.74) is 6.63. The predicted octanol–water partition coefficient (Wildman–Crippen LogP) is 2.57. The highest BCUT2D eigenvalue weighted by Crippen LogP contribution is 2.34. The molecule has 0 amide bonds. The molecule has 1 aromatic heterocycles. The summed E-state index contributed by atoms with van der Waals surface area (Å²) in [6.45, 7) is 9.20. The molecule has 0 aromatic carbocycles. The Hall–Kier alpha value is -0.430. The lowest BCUT2D eigenvalue weighted by molar-refractivity contribution is 0.157. The Balaban J connectivity index is 2.37. The summed E-state index contributed by atoms with van der Waals surface area (Å²) in [5, 5.41) is 0. The molecule has 0 bridgehead atoms. The maximum atomic E-state index is 12.9. The number of thiophene rings is 1. The average molecular weight is 316 g/mol. The third kappa shape index (κ3) is 2.79. The lowest BCUT2D eigenvalue weighted by Crippen LogP contribution is -2.48. The van der Waals surface area contributed by atoms with Gasteiger partial charge in [0.05, 0.1) is 0 Å². The van der Waals surface area contributed by atoms with Crippen molar-refractivity contribution in [1.82, 2.24) is 4.31 Å². The third-order valence-corrected chi connectivity index (χ3v) is 7.95. The summed E-state index contributed by atoms with van der Waals surface area (Å²) < 4.78 is 27.8. The first kappa shape index (κ1) is 15.9. The quantitative estimate of drug-likeness (QED) is 0.932. The molecule has 0 saturated carbocycles. The Morgan fingerprint density at radius 3 is 2.60 bits per heavy atom. The van der Waals surface area contributed by atoms with Crippen LogP contribution < -0.4 is 5.73 Å². The number of nitrogens with two attached hydrogens (primary N) is 1. The summed E-state index contributed by atoms with van der Waals surface area (Å²) in [4.78, 5) is 0.953. The molecule has 0 spiro atoms. The first-order valence-corrected chi connectivity index (χ1v) is 9.34. The lowest BCUT2D eigenvalue weighted by Gasteiger charge is -2.39. The summed E-state index contributed by atoms with van der Waals surface area (Å²) in [6.07, 6.45) is 1.09. The van der Waals surface area contributed by atoms with Crippen LogP contribution in [0.15, 0.2) is 10.3 Å². The fraction of sp³-hybridized carbons (Fsp3) is 0.714. The molecule has 1 aliphatic heterocycles. The first-order chi connectivity index (χ1) is 9.27. The van der Waals surface area contributed by atoms with E-state index in [0.29, 0.717) is 29.1 Å². The van der Waals surface area contributed by atoms with Gasteiger partial charge < -0.3 is 5.73 Å². The van der Waals surface area contributed by atoms with E-state index in [1.54, 1.807) is 10.4 Å². The Labute approximate surface area is 126 Å². The number of hydrogen-bond donors (Lipinski definition) is 1. The van der Waals surface area contributed by atoms with Crippen LogP contribution in [0.2, 0.25) is 0 Å². The van der Waals surface area contributed by atoms with Gasteiger partial charge in [-0.3, -0.25) is 0 Å². The van der Waals surface area contributed by atoms with Crippen LogP contribution in [0.25, 0.3) is 0 Å². The van der Waals surface area contributed by atoms with Gasteiger partial charge in [-0.25, -0.2) is 8.42 Å². The summed E-state index contributed by atoms with van der Waals surface area (Å²) in [6, 6.07) is 1.82. The summed E-state index contributed by atoms with van der Waals surface area (Å²) >= 11 is 1.31. The Bertz CT molecular complexity index is 580. The molecule has 0 radical (unpaired) electrons. The molecule has 6 heteroatoms. The number of rotatable bonds is 3. The second kappa shape index (κ2) is 5.75. The summed E-state index contributed by atoms with van der Waals surface area (Å²) in [5.74, 6) is 0.801. The molecule has 1 aromatic rings. The van der Waals surface area contributed by atoms with Crippen molar-refractivity contribution in [3.05, 3.63) is 16.5 Å². The van der Waals surface area contributed by atoms with Gasteiger partial charge >= 0.3 is 0 Å². The van der Waals surface area contributed by atoms with Crippen molar-refractivity contribution in [3.8, 4) is 0 Å². The van der Waals surface area contributed by atoms with Crippen molar-refractivity contribution in [2.45, 2.75) is 50.9 Å². The molecule has 2 N–H and O–H groups in total. The second-order valence-corrected chi connectivity index (χ2v) is 9.26. The zero-order chi connectivity index (χ0) is 15.1. The lowest BCUT2D eigenvalue weighted by atomic mass is 9.88. The van der Waals surface area contributed by atoms with Crippen molar-refractivity contribution in [2.75, 3.05) is 6.54 Å². The normalized spacial score (nSPS) is 28.8. The average Bonchev–Trinajstić information content (AvgIpc) is 2.75. The van der Waals surface area contributed by atoms with Crippen LogP contribution in [-0.4, -0.2) is 25.3 Å². The van der Waals surface area contributed by atoms with E-state index in [1.807, 2.05) is 13.8 Å². The zero-order valence-electron chi connectivity index (χ0n) is 12.6. The van der Waals surface area contributed by atoms with Gasteiger partial charge in [-0.05, 0) is 43.7 Å². The van der Waals surface area contributed by atoms with Gasteiger partial charge in [0.2, 0.25) is 0 Å². The Morgan fingerprint density at radius 2 is 2.05 bits per heavy atom. The van der Waals surface area contributed by atoms with Crippen molar-refractivity contribution < 1.29 is 8.42 Å². The summed E-state index contributed by atoms with van der Waals surface area (Å²) in [7, 11) is -3.39. The van der Waals surface area contributed by atoms with E-state index < -0.39 is 10.0 Å². The molecular weight excluding hydrogens is 292 g/mol. The van der Waals surface area contributed by atoms with Gasteiger partial charge in [-0.15, -0.1) is 11.3 Å². The fourth-order valence-corrected chi connectivity index (χ4v) is 6.36. The highest BCUT2D eigenvalue weighted by Gasteiger charge is 2.38. The molecule has 3 unspecified atom stereocenters. The molecule has 1 saturated heterocycles. The molecule has 20 heavy (non-hydrogen) atoms. The molecule has 0 aliphatic carbocycles. The Morgan fingerprint density at radius 1 is 1.40 bits per heavy atom. The number of sulfonamides is 1. The van der Waals surface area contributed by atoms with Gasteiger partial charge in [0.25, 0.3) is 10.0 Å².